The maximum atomic E-state index is 12.2. The lowest BCUT2D eigenvalue weighted by Gasteiger charge is -2.10. The number of nitrogens with zero attached hydrogens (tertiary/aromatic N) is 2. The van der Waals surface area contributed by atoms with Gasteiger partial charge in [0.15, 0.2) is 11.5 Å². The lowest BCUT2D eigenvalue weighted by atomic mass is 10.1. The van der Waals surface area contributed by atoms with Crippen molar-refractivity contribution in [3.63, 3.8) is 0 Å². The summed E-state index contributed by atoms with van der Waals surface area (Å²) in [5.74, 6) is -1.24. The molecule has 0 aliphatic carbocycles. The van der Waals surface area contributed by atoms with Crippen LogP contribution < -0.4 is 9.47 Å². The van der Waals surface area contributed by atoms with Gasteiger partial charge in [-0.15, -0.1) is 0 Å². The molecular weight excluding hydrogens is 360 g/mol. The Morgan fingerprint density at radius 1 is 1.46 bits per heavy atom. The average Bonchev–Trinajstić information content (AvgIpc) is 3.06. The average molecular weight is 368 g/mol. The number of nitro groups is 1. The van der Waals surface area contributed by atoms with Crippen molar-refractivity contribution in [1.82, 2.24) is 4.90 Å². The molecule has 0 saturated carbocycles. The van der Waals surface area contributed by atoms with Crippen LogP contribution in [0.25, 0.3) is 6.08 Å². The first-order chi connectivity index (χ1) is 11.4. The topological polar surface area (TPSA) is 119 Å². The summed E-state index contributed by atoms with van der Waals surface area (Å²) in [6.07, 6.45) is 1.29. The second-order valence-electron chi connectivity index (χ2n) is 4.68. The minimum Gasteiger partial charge on any atom is -0.480 e. The van der Waals surface area contributed by atoms with E-state index >= 15 is 0 Å². The molecule has 1 saturated heterocycles. The molecule has 2 aliphatic rings. The van der Waals surface area contributed by atoms with Gasteiger partial charge in [0.1, 0.15) is 10.9 Å². The molecule has 1 aromatic carbocycles. The second kappa shape index (κ2) is 6.09. The molecule has 0 radical (unpaired) electrons. The van der Waals surface area contributed by atoms with Gasteiger partial charge >= 0.3 is 5.97 Å². The van der Waals surface area contributed by atoms with Crippen LogP contribution in [0.5, 0.6) is 11.5 Å². The molecule has 1 fully saturated rings. The van der Waals surface area contributed by atoms with Crippen LogP contribution >= 0.6 is 24.0 Å². The van der Waals surface area contributed by atoms with Crippen molar-refractivity contribution >= 4 is 51.9 Å². The van der Waals surface area contributed by atoms with E-state index in [1.807, 2.05) is 0 Å². The molecule has 0 aromatic heterocycles. The Morgan fingerprint density at radius 3 is 2.75 bits per heavy atom. The number of amides is 1. The molecule has 11 heteroatoms. The van der Waals surface area contributed by atoms with Crippen LogP contribution in [0, 0.1) is 10.1 Å². The molecule has 1 amide bonds. The normalized spacial score (nSPS) is 17.7. The number of fused-ring (bicyclic) bond motifs is 1. The van der Waals surface area contributed by atoms with Crippen LogP contribution in [0.15, 0.2) is 17.0 Å². The highest BCUT2D eigenvalue weighted by molar-refractivity contribution is 8.26. The molecule has 0 atom stereocenters. The number of nitro benzene ring substituents is 1. The molecule has 124 valence electrons. The van der Waals surface area contributed by atoms with Crippen molar-refractivity contribution in [2.75, 3.05) is 13.3 Å². The van der Waals surface area contributed by atoms with E-state index < -0.39 is 23.3 Å². The summed E-state index contributed by atoms with van der Waals surface area (Å²) in [7, 11) is 0. The maximum Gasteiger partial charge on any atom is 0.323 e. The van der Waals surface area contributed by atoms with Gasteiger partial charge < -0.3 is 14.6 Å². The predicted octanol–water partition coefficient (Wildman–Crippen LogP) is 1.61. The third kappa shape index (κ3) is 2.90. The lowest BCUT2D eigenvalue weighted by Crippen LogP contribution is -2.33. The summed E-state index contributed by atoms with van der Waals surface area (Å²) in [5, 5.41) is 20.0. The van der Waals surface area contributed by atoms with Gasteiger partial charge in [-0.25, -0.2) is 0 Å². The van der Waals surface area contributed by atoms with Gasteiger partial charge in [-0.05, 0) is 12.1 Å². The third-order valence-electron chi connectivity index (χ3n) is 3.17. The van der Waals surface area contributed by atoms with Crippen molar-refractivity contribution in [2.45, 2.75) is 0 Å². The number of ether oxygens (including phenoxy) is 2. The maximum absolute atomic E-state index is 12.2. The summed E-state index contributed by atoms with van der Waals surface area (Å²) < 4.78 is 10.4. The fourth-order valence-electron chi connectivity index (χ4n) is 2.13. The number of hydrogen-bond donors (Lipinski definition) is 1. The van der Waals surface area contributed by atoms with Gasteiger partial charge in [0.2, 0.25) is 6.79 Å². The monoisotopic (exact) mass is 368 g/mol. The zero-order valence-electron chi connectivity index (χ0n) is 11.8. The Labute approximate surface area is 144 Å². The second-order valence-corrected chi connectivity index (χ2v) is 6.36. The van der Waals surface area contributed by atoms with E-state index in [2.05, 4.69) is 0 Å². The number of carboxylic acid groups (broad SMARTS) is 1. The van der Waals surface area contributed by atoms with Crippen LogP contribution in [0.4, 0.5) is 5.69 Å². The highest BCUT2D eigenvalue weighted by Crippen LogP contribution is 2.40. The number of rotatable bonds is 4. The first-order valence-electron chi connectivity index (χ1n) is 6.42. The first-order valence-corrected chi connectivity index (χ1v) is 7.64. The first kappa shape index (κ1) is 16.2. The van der Waals surface area contributed by atoms with Gasteiger partial charge in [-0.1, -0.05) is 24.0 Å². The minimum atomic E-state index is -1.21. The van der Waals surface area contributed by atoms with Crippen LogP contribution in [0.1, 0.15) is 5.56 Å². The number of carbonyl (C=O) groups excluding carboxylic acids is 1. The number of aliphatic carboxylic acids is 1. The largest absolute Gasteiger partial charge is 0.480 e. The van der Waals surface area contributed by atoms with Gasteiger partial charge in [0, 0.05) is 0 Å². The van der Waals surface area contributed by atoms with Crippen molar-refractivity contribution in [3.8, 4) is 11.5 Å². The fourth-order valence-corrected chi connectivity index (χ4v) is 3.38. The lowest BCUT2D eigenvalue weighted by molar-refractivity contribution is -0.385. The van der Waals surface area contributed by atoms with Crippen LogP contribution in [0.2, 0.25) is 0 Å². The van der Waals surface area contributed by atoms with E-state index in [1.54, 1.807) is 0 Å². The number of thiocarbonyl (C=S) groups is 1. The van der Waals surface area contributed by atoms with E-state index in [-0.39, 0.29) is 33.0 Å². The van der Waals surface area contributed by atoms with E-state index in [1.165, 1.54) is 18.2 Å². The number of thioether (sulfide) groups is 1. The van der Waals surface area contributed by atoms with Gasteiger partial charge in [0.05, 0.1) is 21.5 Å². The van der Waals surface area contributed by atoms with Crippen molar-refractivity contribution in [3.05, 3.63) is 32.7 Å². The molecule has 2 aliphatic heterocycles. The Balaban J connectivity index is 2.00. The SMILES string of the molecule is O=C(O)CN1C(=O)/C(=C\c2cc3c(cc2[N+](=O)[O-])OCO3)SC1=S. The minimum absolute atomic E-state index is 0.0450. The number of benzene rings is 1. The molecule has 3 rings (SSSR count). The van der Waals surface area contributed by atoms with E-state index in [0.717, 1.165) is 16.7 Å². The molecule has 0 bridgehead atoms. The highest BCUT2D eigenvalue weighted by atomic mass is 32.2. The summed E-state index contributed by atoms with van der Waals surface area (Å²) in [6.45, 7) is -0.609. The van der Waals surface area contributed by atoms with Gasteiger partial charge in [-0.3, -0.25) is 24.6 Å². The molecule has 1 aromatic rings. The molecule has 9 nitrogen and oxygen atoms in total. The Bertz CT molecular complexity index is 821. The Hall–Kier alpha value is -2.66. The van der Waals surface area contributed by atoms with Crippen LogP contribution in [-0.4, -0.2) is 44.5 Å². The molecule has 24 heavy (non-hydrogen) atoms. The van der Waals surface area contributed by atoms with E-state index in [4.69, 9.17) is 26.8 Å². The molecule has 0 unspecified atom stereocenters. The van der Waals surface area contributed by atoms with Gasteiger partial charge in [0.25, 0.3) is 11.6 Å². The standard InChI is InChI=1S/C13H8N2O7S2/c16-11(17)4-14-12(18)10(24-13(14)23)2-6-1-8-9(22-5-21-8)3-7(6)15(19)20/h1-3H,4-5H2,(H,16,17)/b10-2+. The van der Waals surface area contributed by atoms with Crippen molar-refractivity contribution in [2.24, 2.45) is 0 Å². The number of hydrogen-bond acceptors (Lipinski definition) is 8. The predicted molar refractivity (Wildman–Crippen MR) is 86.7 cm³/mol. The summed E-state index contributed by atoms with van der Waals surface area (Å²) in [6, 6.07) is 2.61. The summed E-state index contributed by atoms with van der Waals surface area (Å²) in [5.41, 5.74) is -0.122. The zero-order valence-corrected chi connectivity index (χ0v) is 13.4. The van der Waals surface area contributed by atoms with E-state index in [9.17, 15) is 19.7 Å². The zero-order chi connectivity index (χ0) is 17.4. The molecule has 0 spiro atoms. The Kier molecular flexibility index (Phi) is 4.11. The fraction of sp³-hybridized carbons (Fsp3) is 0.154. The smallest absolute Gasteiger partial charge is 0.323 e. The van der Waals surface area contributed by atoms with Gasteiger partial charge in [-0.2, -0.15) is 0 Å². The van der Waals surface area contributed by atoms with Crippen molar-refractivity contribution in [1.29, 1.82) is 0 Å². The molecular formula is C13H8N2O7S2. The summed E-state index contributed by atoms with van der Waals surface area (Å²) >= 11 is 5.86. The van der Waals surface area contributed by atoms with Crippen LogP contribution in [-0.2, 0) is 9.59 Å². The quantitative estimate of drug-likeness (QED) is 0.366. The third-order valence-corrected chi connectivity index (χ3v) is 4.55. The number of carbonyl (C=O) groups is 2. The summed E-state index contributed by atoms with van der Waals surface area (Å²) in [4.78, 5) is 34.7. The number of carboxylic acids is 1. The van der Waals surface area contributed by atoms with E-state index in [0.29, 0.717) is 5.75 Å². The highest BCUT2D eigenvalue weighted by Gasteiger charge is 2.34. The molecule has 2 heterocycles. The Morgan fingerprint density at radius 2 is 2.12 bits per heavy atom. The van der Waals surface area contributed by atoms with Crippen LogP contribution in [0.3, 0.4) is 0 Å². The van der Waals surface area contributed by atoms with Crippen molar-refractivity contribution < 1.29 is 29.1 Å². The molecule has 1 N–H and O–H groups in total.